The van der Waals surface area contributed by atoms with Crippen LogP contribution in [0.3, 0.4) is 0 Å². The summed E-state index contributed by atoms with van der Waals surface area (Å²) in [5, 5.41) is 4.67. The predicted octanol–water partition coefficient (Wildman–Crippen LogP) is 16.5. The van der Waals surface area contributed by atoms with E-state index in [1.165, 1.54) is 49.7 Å². The fourth-order valence-corrected chi connectivity index (χ4v) is 8.75. The molecule has 0 atom stereocenters. The maximum atomic E-state index is 6.49. The number of hydrogen-bond donors (Lipinski definition) is 0. The zero-order valence-corrected chi connectivity index (χ0v) is 32.9. The summed E-state index contributed by atoms with van der Waals surface area (Å²) in [5.41, 5.74) is 16.8. The second kappa shape index (κ2) is 15.1. The Hall–Kier alpha value is -7.94. The van der Waals surface area contributed by atoms with Crippen molar-refractivity contribution in [3.8, 4) is 55.6 Å². The van der Waals surface area contributed by atoms with Gasteiger partial charge in [0.25, 0.3) is 0 Å². The van der Waals surface area contributed by atoms with Gasteiger partial charge in [-0.3, -0.25) is 0 Å². The highest BCUT2D eigenvalue weighted by molar-refractivity contribution is 6.22. The summed E-state index contributed by atoms with van der Waals surface area (Å²) in [6.07, 6.45) is 0. The number of benzene rings is 10. The largest absolute Gasteiger partial charge is 0.456 e. The highest BCUT2D eigenvalue weighted by Gasteiger charge is 2.19. The van der Waals surface area contributed by atoms with Crippen LogP contribution in [-0.4, -0.2) is 0 Å². The number of nitrogens with zero attached hydrogens (tertiary/aromatic N) is 1. The lowest BCUT2D eigenvalue weighted by molar-refractivity contribution is 0.669. The highest BCUT2D eigenvalue weighted by atomic mass is 16.3. The second-order valence-electron chi connectivity index (χ2n) is 15.3. The Morgan fingerprint density at radius 3 is 1.47 bits per heavy atom. The summed E-state index contributed by atoms with van der Waals surface area (Å²) in [6.45, 7) is 0. The Labute approximate surface area is 349 Å². The van der Waals surface area contributed by atoms with E-state index in [1.54, 1.807) is 0 Å². The topological polar surface area (TPSA) is 16.4 Å². The molecule has 0 unspecified atom stereocenters. The number of hydrogen-bond acceptors (Lipinski definition) is 2. The third-order valence-electron chi connectivity index (χ3n) is 11.7. The fourth-order valence-electron chi connectivity index (χ4n) is 8.75. The molecule has 0 bridgehead atoms. The van der Waals surface area contributed by atoms with Crippen molar-refractivity contribution in [2.24, 2.45) is 0 Å². The third-order valence-corrected chi connectivity index (χ3v) is 11.7. The number of furan rings is 1. The van der Waals surface area contributed by atoms with Crippen LogP contribution < -0.4 is 4.90 Å². The van der Waals surface area contributed by atoms with Gasteiger partial charge in [0.15, 0.2) is 0 Å². The standard InChI is InChI=1S/C58H39NO/c1-4-15-40(16-5-1)42-27-32-48(33-28-42)59(55-25-12-10-23-50(55)47-22-14-21-45(37-47)41-17-6-2-7-18-41)49-34-29-43(30-35-49)46-31-36-51-53(44-19-8-3-9-20-44)39-57-58(54(51)38-46)52-24-11-13-26-56(52)60-57/h1-39H. The van der Waals surface area contributed by atoms with Crippen molar-refractivity contribution < 1.29 is 4.42 Å². The van der Waals surface area contributed by atoms with Crippen LogP contribution >= 0.6 is 0 Å². The monoisotopic (exact) mass is 765 g/mol. The van der Waals surface area contributed by atoms with Gasteiger partial charge in [0.2, 0.25) is 0 Å². The van der Waals surface area contributed by atoms with Crippen molar-refractivity contribution in [1.82, 2.24) is 0 Å². The first-order valence-corrected chi connectivity index (χ1v) is 20.5. The van der Waals surface area contributed by atoms with Gasteiger partial charge in [0, 0.05) is 27.7 Å². The molecule has 0 saturated heterocycles. The van der Waals surface area contributed by atoms with Crippen LogP contribution in [0.5, 0.6) is 0 Å². The molecule has 1 heterocycles. The molecular weight excluding hydrogens is 727 g/mol. The Bertz CT molecular complexity index is 3280. The van der Waals surface area contributed by atoms with Gasteiger partial charge in [-0.15, -0.1) is 0 Å². The maximum Gasteiger partial charge on any atom is 0.136 e. The van der Waals surface area contributed by atoms with Gasteiger partial charge in [-0.1, -0.05) is 182 Å². The van der Waals surface area contributed by atoms with Crippen LogP contribution in [0.2, 0.25) is 0 Å². The summed E-state index contributed by atoms with van der Waals surface area (Å²) >= 11 is 0. The molecule has 0 aliphatic rings. The molecule has 282 valence electrons. The molecule has 0 aliphatic heterocycles. The average Bonchev–Trinajstić information content (AvgIpc) is 3.72. The quantitative estimate of drug-likeness (QED) is 0.153. The van der Waals surface area contributed by atoms with Crippen molar-refractivity contribution in [2.75, 3.05) is 4.90 Å². The SMILES string of the molecule is c1ccc(-c2ccc(N(c3ccc(-c4ccc5c(-c6ccccc6)cc6oc7ccccc7c6c5c4)cc3)c3ccccc3-c3cccc(-c4ccccc4)c3)cc2)cc1. The molecule has 2 heteroatoms. The van der Waals surface area contributed by atoms with Crippen LogP contribution in [0, 0.1) is 0 Å². The van der Waals surface area contributed by atoms with E-state index in [2.05, 4.69) is 235 Å². The minimum atomic E-state index is 0.900. The summed E-state index contributed by atoms with van der Waals surface area (Å²) in [6, 6.07) is 84.8. The van der Waals surface area contributed by atoms with Gasteiger partial charge in [-0.25, -0.2) is 0 Å². The number of rotatable bonds is 8. The van der Waals surface area contributed by atoms with Crippen molar-refractivity contribution in [1.29, 1.82) is 0 Å². The van der Waals surface area contributed by atoms with Crippen molar-refractivity contribution in [3.63, 3.8) is 0 Å². The molecule has 0 N–H and O–H groups in total. The number of para-hydroxylation sites is 2. The number of fused-ring (bicyclic) bond motifs is 5. The fraction of sp³-hybridized carbons (Fsp3) is 0. The van der Waals surface area contributed by atoms with Crippen LogP contribution in [-0.2, 0) is 0 Å². The average molecular weight is 766 g/mol. The van der Waals surface area contributed by atoms with Crippen LogP contribution in [0.25, 0.3) is 88.3 Å². The third kappa shape index (κ3) is 6.41. The molecule has 11 aromatic rings. The molecule has 0 fully saturated rings. The summed E-state index contributed by atoms with van der Waals surface area (Å²) in [4.78, 5) is 2.39. The first-order valence-electron chi connectivity index (χ1n) is 20.5. The Balaban J connectivity index is 1.04. The van der Waals surface area contributed by atoms with Gasteiger partial charge in [0.05, 0.1) is 5.69 Å². The molecular formula is C58H39NO. The molecule has 0 amide bonds. The predicted molar refractivity (Wildman–Crippen MR) is 253 cm³/mol. The highest BCUT2D eigenvalue weighted by Crippen LogP contribution is 2.44. The van der Waals surface area contributed by atoms with Gasteiger partial charge >= 0.3 is 0 Å². The second-order valence-corrected chi connectivity index (χ2v) is 15.3. The summed E-state index contributed by atoms with van der Waals surface area (Å²) < 4.78 is 6.49. The van der Waals surface area contributed by atoms with Crippen LogP contribution in [0.15, 0.2) is 241 Å². The molecule has 10 aromatic carbocycles. The van der Waals surface area contributed by atoms with Gasteiger partial charge < -0.3 is 9.32 Å². The zero-order valence-electron chi connectivity index (χ0n) is 32.9. The van der Waals surface area contributed by atoms with E-state index in [0.29, 0.717) is 0 Å². The van der Waals surface area contributed by atoms with E-state index in [-0.39, 0.29) is 0 Å². The first kappa shape index (κ1) is 35.2. The first-order chi connectivity index (χ1) is 29.7. The lowest BCUT2D eigenvalue weighted by Gasteiger charge is -2.28. The molecule has 0 saturated carbocycles. The lowest BCUT2D eigenvalue weighted by atomic mass is 9.92. The molecule has 0 aliphatic carbocycles. The van der Waals surface area contributed by atoms with E-state index >= 15 is 0 Å². The Morgan fingerprint density at radius 1 is 0.267 bits per heavy atom. The minimum absolute atomic E-state index is 0.900. The molecule has 60 heavy (non-hydrogen) atoms. The summed E-state index contributed by atoms with van der Waals surface area (Å²) in [7, 11) is 0. The zero-order chi connectivity index (χ0) is 39.8. The van der Waals surface area contributed by atoms with Gasteiger partial charge in [0.1, 0.15) is 11.2 Å². The van der Waals surface area contributed by atoms with Gasteiger partial charge in [-0.2, -0.15) is 0 Å². The van der Waals surface area contributed by atoms with Crippen molar-refractivity contribution in [2.45, 2.75) is 0 Å². The minimum Gasteiger partial charge on any atom is -0.456 e. The molecule has 2 nitrogen and oxygen atoms in total. The normalized spacial score (nSPS) is 11.3. The molecule has 0 radical (unpaired) electrons. The molecule has 1 aromatic heterocycles. The van der Waals surface area contributed by atoms with E-state index < -0.39 is 0 Å². The maximum absolute atomic E-state index is 6.49. The van der Waals surface area contributed by atoms with Crippen molar-refractivity contribution >= 4 is 49.8 Å². The van der Waals surface area contributed by atoms with E-state index in [4.69, 9.17) is 4.42 Å². The molecule has 0 spiro atoms. The number of anilines is 3. The Kier molecular flexibility index (Phi) is 8.87. The van der Waals surface area contributed by atoms with Crippen LogP contribution in [0.4, 0.5) is 17.1 Å². The van der Waals surface area contributed by atoms with E-state index in [1.807, 2.05) is 6.07 Å². The smallest absolute Gasteiger partial charge is 0.136 e. The van der Waals surface area contributed by atoms with E-state index in [0.717, 1.165) is 55.7 Å². The van der Waals surface area contributed by atoms with Crippen LogP contribution in [0.1, 0.15) is 0 Å². The molecule has 11 rings (SSSR count). The summed E-state index contributed by atoms with van der Waals surface area (Å²) in [5.74, 6) is 0. The van der Waals surface area contributed by atoms with Gasteiger partial charge in [-0.05, 0) is 115 Å². The lowest BCUT2D eigenvalue weighted by Crippen LogP contribution is -2.11. The van der Waals surface area contributed by atoms with E-state index in [9.17, 15) is 0 Å². The van der Waals surface area contributed by atoms with Crippen molar-refractivity contribution in [3.05, 3.63) is 237 Å². The Morgan fingerprint density at radius 2 is 0.767 bits per heavy atom.